The summed E-state index contributed by atoms with van der Waals surface area (Å²) in [5, 5.41) is 0. The van der Waals surface area contributed by atoms with Crippen LogP contribution in [0, 0.1) is 0 Å². The Morgan fingerprint density at radius 3 is 2.19 bits per heavy atom. The molecular formula is C18H28N2O6S. The van der Waals surface area contributed by atoms with Gasteiger partial charge in [-0.2, -0.15) is 4.31 Å². The molecule has 0 aliphatic carbocycles. The Hall–Kier alpha value is -1.97. The molecule has 1 aromatic carbocycles. The maximum Gasteiger partial charge on any atom is 0.339 e. The van der Waals surface area contributed by atoms with E-state index in [9.17, 15) is 18.0 Å². The highest BCUT2D eigenvalue weighted by Gasteiger charge is 2.32. The second-order valence-corrected chi connectivity index (χ2v) is 9.12. The molecule has 0 fully saturated rings. The van der Waals surface area contributed by atoms with Crippen molar-refractivity contribution < 1.29 is 27.5 Å². The van der Waals surface area contributed by atoms with Gasteiger partial charge in [-0.3, -0.25) is 4.79 Å². The predicted octanol–water partition coefficient (Wildman–Crippen LogP) is 1.37. The van der Waals surface area contributed by atoms with Gasteiger partial charge < -0.3 is 14.4 Å². The molecule has 0 aromatic heterocycles. The molecule has 152 valence electrons. The van der Waals surface area contributed by atoms with Gasteiger partial charge in [0.05, 0.1) is 17.6 Å². The molecule has 0 radical (unpaired) electrons. The molecule has 0 spiro atoms. The molecule has 0 N–H and O–H groups in total. The minimum Gasteiger partial charge on any atom is -0.465 e. The SMILES string of the molecule is COC(=O)c1ccccc1S(=O)(=O)N(CCN(C)C)CC(=O)OC(C)(C)C. The number of carbonyl (C=O) groups is 2. The topological polar surface area (TPSA) is 93.2 Å². The van der Waals surface area contributed by atoms with Crippen LogP contribution in [-0.4, -0.2) is 76.0 Å². The van der Waals surface area contributed by atoms with Gasteiger partial charge in [-0.05, 0) is 47.0 Å². The molecule has 0 aliphatic heterocycles. The molecule has 1 aromatic rings. The number of hydrogen-bond acceptors (Lipinski definition) is 7. The van der Waals surface area contributed by atoms with E-state index in [4.69, 9.17) is 4.74 Å². The minimum absolute atomic E-state index is 0.0596. The number of nitrogens with zero attached hydrogens (tertiary/aromatic N) is 2. The molecular weight excluding hydrogens is 372 g/mol. The van der Waals surface area contributed by atoms with Gasteiger partial charge in [0.2, 0.25) is 10.0 Å². The Morgan fingerprint density at radius 1 is 1.07 bits per heavy atom. The lowest BCUT2D eigenvalue weighted by molar-refractivity contribution is -0.155. The van der Waals surface area contributed by atoms with Crippen LogP contribution in [-0.2, 0) is 24.3 Å². The highest BCUT2D eigenvalue weighted by Crippen LogP contribution is 2.21. The van der Waals surface area contributed by atoms with E-state index in [0.29, 0.717) is 6.54 Å². The largest absolute Gasteiger partial charge is 0.465 e. The number of ether oxygens (including phenoxy) is 2. The van der Waals surface area contributed by atoms with Crippen molar-refractivity contribution in [3.05, 3.63) is 29.8 Å². The van der Waals surface area contributed by atoms with Gasteiger partial charge in [-0.15, -0.1) is 0 Å². The average Bonchev–Trinajstić information content (AvgIpc) is 2.55. The number of esters is 2. The Morgan fingerprint density at radius 2 is 1.67 bits per heavy atom. The molecule has 0 aliphatic rings. The van der Waals surface area contributed by atoms with E-state index in [-0.39, 0.29) is 17.0 Å². The lowest BCUT2D eigenvalue weighted by Gasteiger charge is -2.26. The molecule has 0 unspecified atom stereocenters. The van der Waals surface area contributed by atoms with Crippen molar-refractivity contribution in [2.45, 2.75) is 31.3 Å². The van der Waals surface area contributed by atoms with Crippen molar-refractivity contribution in [1.82, 2.24) is 9.21 Å². The summed E-state index contributed by atoms with van der Waals surface area (Å²) in [6.45, 7) is 5.11. The van der Waals surface area contributed by atoms with Gasteiger partial charge >= 0.3 is 11.9 Å². The first-order valence-electron chi connectivity index (χ1n) is 8.42. The second-order valence-electron chi connectivity index (χ2n) is 7.22. The quantitative estimate of drug-likeness (QED) is 0.608. The zero-order chi connectivity index (χ0) is 20.8. The van der Waals surface area contributed by atoms with E-state index in [1.54, 1.807) is 45.8 Å². The Labute approximate surface area is 161 Å². The van der Waals surface area contributed by atoms with Crippen LogP contribution >= 0.6 is 0 Å². The smallest absolute Gasteiger partial charge is 0.339 e. The van der Waals surface area contributed by atoms with E-state index < -0.39 is 34.1 Å². The van der Waals surface area contributed by atoms with Crippen molar-refractivity contribution in [1.29, 1.82) is 0 Å². The standard InChI is InChI=1S/C18H28N2O6S/c1-18(2,3)26-16(21)13-20(12-11-19(4)5)27(23,24)15-10-8-7-9-14(15)17(22)25-6/h7-10H,11-13H2,1-6H3. The predicted molar refractivity (Wildman–Crippen MR) is 101 cm³/mol. The van der Waals surface area contributed by atoms with E-state index in [0.717, 1.165) is 4.31 Å². The van der Waals surface area contributed by atoms with Crippen LogP contribution in [0.25, 0.3) is 0 Å². The number of likely N-dealkylation sites (N-methyl/N-ethyl adjacent to an activating group) is 1. The number of methoxy groups -OCH3 is 1. The first-order valence-corrected chi connectivity index (χ1v) is 9.86. The summed E-state index contributed by atoms with van der Waals surface area (Å²) in [7, 11) is 0.633. The third-order valence-corrected chi connectivity index (χ3v) is 5.34. The molecule has 9 heteroatoms. The van der Waals surface area contributed by atoms with Crippen LogP contribution < -0.4 is 0 Å². The van der Waals surface area contributed by atoms with Crippen molar-refractivity contribution in [3.63, 3.8) is 0 Å². The average molecular weight is 400 g/mol. The first kappa shape index (κ1) is 23.1. The number of sulfonamides is 1. The fourth-order valence-corrected chi connectivity index (χ4v) is 3.78. The number of hydrogen-bond donors (Lipinski definition) is 0. The van der Waals surface area contributed by atoms with Gasteiger partial charge in [0.1, 0.15) is 12.1 Å². The van der Waals surface area contributed by atoms with E-state index >= 15 is 0 Å². The highest BCUT2D eigenvalue weighted by molar-refractivity contribution is 7.89. The van der Waals surface area contributed by atoms with Crippen LogP contribution in [0.2, 0.25) is 0 Å². The van der Waals surface area contributed by atoms with Crippen LogP contribution in [0.15, 0.2) is 29.2 Å². The van der Waals surface area contributed by atoms with Crippen molar-refractivity contribution in [2.75, 3.05) is 40.8 Å². The van der Waals surface area contributed by atoms with Crippen molar-refractivity contribution in [3.8, 4) is 0 Å². The Kier molecular flexibility index (Phi) is 7.94. The minimum atomic E-state index is -4.13. The van der Waals surface area contributed by atoms with Gasteiger partial charge in [-0.25, -0.2) is 13.2 Å². The normalized spacial score (nSPS) is 12.3. The summed E-state index contributed by atoms with van der Waals surface area (Å²) in [5.41, 5.74) is -0.822. The number of carbonyl (C=O) groups excluding carboxylic acids is 2. The second kappa shape index (κ2) is 9.29. The summed E-state index contributed by atoms with van der Waals surface area (Å²) in [6.07, 6.45) is 0. The summed E-state index contributed by atoms with van der Waals surface area (Å²) in [6, 6.07) is 5.75. The van der Waals surface area contributed by atoms with Crippen LogP contribution in [0.3, 0.4) is 0 Å². The van der Waals surface area contributed by atoms with Gasteiger partial charge in [0, 0.05) is 13.1 Å². The fourth-order valence-electron chi connectivity index (χ4n) is 2.22. The van der Waals surface area contributed by atoms with E-state index in [1.807, 2.05) is 0 Å². The summed E-state index contributed by atoms with van der Waals surface area (Å²) in [5.74, 6) is -1.43. The fraction of sp³-hybridized carbons (Fsp3) is 0.556. The molecule has 0 atom stereocenters. The van der Waals surface area contributed by atoms with E-state index in [2.05, 4.69) is 4.74 Å². The van der Waals surface area contributed by atoms with Crippen LogP contribution in [0.5, 0.6) is 0 Å². The van der Waals surface area contributed by atoms with Crippen molar-refractivity contribution >= 4 is 22.0 Å². The number of rotatable bonds is 8. The first-order chi connectivity index (χ1) is 12.4. The van der Waals surface area contributed by atoms with Gasteiger partial charge in [-0.1, -0.05) is 12.1 Å². The highest BCUT2D eigenvalue weighted by atomic mass is 32.2. The number of benzene rings is 1. The zero-order valence-electron chi connectivity index (χ0n) is 16.7. The summed E-state index contributed by atoms with van der Waals surface area (Å²) >= 11 is 0. The maximum absolute atomic E-state index is 13.2. The molecule has 0 amide bonds. The third kappa shape index (κ3) is 6.93. The monoisotopic (exact) mass is 400 g/mol. The molecule has 0 bridgehead atoms. The summed E-state index contributed by atoms with van der Waals surface area (Å²) < 4.78 is 37.3. The molecule has 27 heavy (non-hydrogen) atoms. The Balaban J connectivity index is 3.27. The maximum atomic E-state index is 13.2. The van der Waals surface area contributed by atoms with Gasteiger partial charge in [0.15, 0.2) is 0 Å². The van der Waals surface area contributed by atoms with Crippen LogP contribution in [0.1, 0.15) is 31.1 Å². The lowest BCUT2D eigenvalue weighted by atomic mass is 10.2. The Bertz CT molecular complexity index is 768. The van der Waals surface area contributed by atoms with E-state index in [1.165, 1.54) is 25.3 Å². The zero-order valence-corrected chi connectivity index (χ0v) is 17.5. The van der Waals surface area contributed by atoms with Gasteiger partial charge in [0.25, 0.3) is 0 Å². The molecule has 0 saturated carbocycles. The van der Waals surface area contributed by atoms with Crippen LogP contribution in [0.4, 0.5) is 0 Å². The molecule has 0 heterocycles. The van der Waals surface area contributed by atoms with Crippen molar-refractivity contribution in [2.24, 2.45) is 0 Å². The third-order valence-electron chi connectivity index (χ3n) is 3.43. The lowest BCUT2D eigenvalue weighted by Crippen LogP contribution is -2.42. The summed E-state index contributed by atoms with van der Waals surface area (Å²) in [4.78, 5) is 25.8. The molecule has 8 nitrogen and oxygen atoms in total. The molecule has 1 rings (SSSR count). The molecule has 0 saturated heterocycles.